The average Bonchev–Trinajstić information content (AvgIpc) is 2.84. The molecule has 2 heterocycles. The molecule has 0 unspecified atom stereocenters. The highest BCUT2D eigenvalue weighted by Gasteiger charge is 2.11. The number of hydrogen-bond donors (Lipinski definition) is 2. The smallest absolute Gasteiger partial charge is 0.182 e. The van der Waals surface area contributed by atoms with E-state index in [1.54, 1.807) is 18.2 Å². The van der Waals surface area contributed by atoms with Gasteiger partial charge in [-0.2, -0.15) is 0 Å². The zero-order valence-electron chi connectivity index (χ0n) is 9.88. The first kappa shape index (κ1) is 11.7. The lowest BCUT2D eigenvalue weighted by molar-refractivity contribution is 0.373. The van der Waals surface area contributed by atoms with E-state index in [0.29, 0.717) is 33.5 Å². The van der Waals surface area contributed by atoms with Crippen LogP contribution in [0.15, 0.2) is 24.5 Å². The van der Waals surface area contributed by atoms with Crippen molar-refractivity contribution < 1.29 is 9.84 Å². The Morgan fingerprint density at radius 3 is 2.84 bits per heavy atom. The van der Waals surface area contributed by atoms with Crippen LogP contribution in [0.3, 0.4) is 0 Å². The summed E-state index contributed by atoms with van der Waals surface area (Å²) in [5, 5.41) is 10.1. The van der Waals surface area contributed by atoms with Gasteiger partial charge in [0.15, 0.2) is 22.3 Å². The topological polar surface area (TPSA) is 83.9 Å². The van der Waals surface area contributed by atoms with Crippen molar-refractivity contribution in [3.8, 4) is 22.9 Å². The van der Waals surface area contributed by atoms with Crippen LogP contribution >= 0.6 is 11.6 Å². The Labute approximate surface area is 113 Å². The van der Waals surface area contributed by atoms with Crippen molar-refractivity contribution in [2.75, 3.05) is 7.11 Å². The summed E-state index contributed by atoms with van der Waals surface area (Å²) >= 11 is 5.95. The van der Waals surface area contributed by atoms with E-state index in [1.807, 2.05) is 0 Å². The summed E-state index contributed by atoms with van der Waals surface area (Å²) in [7, 11) is 1.49. The molecule has 1 aromatic carbocycles. The quantitative estimate of drug-likeness (QED) is 0.702. The van der Waals surface area contributed by atoms with Crippen molar-refractivity contribution in [2.45, 2.75) is 0 Å². The Morgan fingerprint density at radius 1 is 1.32 bits per heavy atom. The van der Waals surface area contributed by atoms with Crippen molar-refractivity contribution in [3.63, 3.8) is 0 Å². The molecule has 0 bridgehead atoms. The maximum Gasteiger partial charge on any atom is 0.182 e. The van der Waals surface area contributed by atoms with Gasteiger partial charge in [0.05, 0.1) is 7.11 Å². The molecule has 3 rings (SSSR count). The molecule has 2 aromatic heterocycles. The predicted molar refractivity (Wildman–Crippen MR) is 70.3 cm³/mol. The van der Waals surface area contributed by atoms with Gasteiger partial charge in [-0.3, -0.25) is 0 Å². The molecule has 0 saturated carbocycles. The molecule has 96 valence electrons. The maximum atomic E-state index is 9.76. The van der Waals surface area contributed by atoms with Crippen molar-refractivity contribution in [1.82, 2.24) is 19.9 Å². The highest BCUT2D eigenvalue weighted by atomic mass is 35.5. The molecule has 0 atom stereocenters. The number of phenols is 1. The summed E-state index contributed by atoms with van der Waals surface area (Å²) in [5.41, 5.74) is 1.74. The van der Waals surface area contributed by atoms with Gasteiger partial charge in [0.2, 0.25) is 0 Å². The van der Waals surface area contributed by atoms with E-state index in [9.17, 15) is 5.11 Å². The molecule has 7 heteroatoms. The monoisotopic (exact) mass is 276 g/mol. The molecule has 0 amide bonds. The Balaban J connectivity index is 2.14. The first-order chi connectivity index (χ1) is 9.19. The van der Waals surface area contributed by atoms with Crippen molar-refractivity contribution >= 4 is 22.8 Å². The molecule has 0 fully saturated rings. The van der Waals surface area contributed by atoms with Gasteiger partial charge in [-0.05, 0) is 18.2 Å². The fraction of sp³-hybridized carbons (Fsp3) is 0.0833. The lowest BCUT2D eigenvalue weighted by atomic mass is 10.2. The number of ether oxygens (including phenoxy) is 1. The Morgan fingerprint density at radius 2 is 2.16 bits per heavy atom. The molecule has 0 saturated heterocycles. The molecule has 0 radical (unpaired) electrons. The number of fused-ring (bicyclic) bond motifs is 1. The van der Waals surface area contributed by atoms with Crippen LogP contribution in [0.4, 0.5) is 0 Å². The minimum Gasteiger partial charge on any atom is -0.504 e. The van der Waals surface area contributed by atoms with Gasteiger partial charge >= 0.3 is 0 Å². The fourth-order valence-corrected chi connectivity index (χ4v) is 1.95. The number of aromatic hydroxyl groups is 1. The third kappa shape index (κ3) is 1.96. The molecule has 3 aromatic rings. The van der Waals surface area contributed by atoms with Crippen LogP contribution in [0.5, 0.6) is 11.5 Å². The average molecular weight is 277 g/mol. The third-order valence-corrected chi connectivity index (χ3v) is 2.98. The number of nitrogens with one attached hydrogen (secondary N) is 1. The number of phenolic OH excluding ortho intramolecular Hbond substituents is 1. The van der Waals surface area contributed by atoms with Crippen LogP contribution in [-0.4, -0.2) is 32.2 Å². The van der Waals surface area contributed by atoms with Crippen molar-refractivity contribution in [1.29, 1.82) is 0 Å². The normalized spacial score (nSPS) is 10.8. The van der Waals surface area contributed by atoms with Crippen LogP contribution < -0.4 is 4.74 Å². The standard InChI is InChI=1S/C12H9ClN4O2/c1-19-8-3-2-6(4-7(8)18)11-16-9-10(13)14-5-15-12(9)17-11/h2-5,18H,1H3,(H,14,15,16,17). The number of benzene rings is 1. The lowest BCUT2D eigenvalue weighted by Gasteiger charge is -2.04. The molecular formula is C12H9ClN4O2. The van der Waals surface area contributed by atoms with Gasteiger partial charge in [-0.1, -0.05) is 11.6 Å². The summed E-state index contributed by atoms with van der Waals surface area (Å²) in [4.78, 5) is 15.2. The van der Waals surface area contributed by atoms with Crippen LogP contribution in [0.1, 0.15) is 0 Å². The van der Waals surface area contributed by atoms with Crippen LogP contribution in [0.2, 0.25) is 5.15 Å². The summed E-state index contributed by atoms with van der Waals surface area (Å²) < 4.78 is 4.99. The van der Waals surface area contributed by atoms with E-state index in [2.05, 4.69) is 19.9 Å². The molecule has 2 N–H and O–H groups in total. The molecule has 0 aliphatic rings. The zero-order chi connectivity index (χ0) is 13.4. The van der Waals surface area contributed by atoms with Crippen LogP contribution in [-0.2, 0) is 0 Å². The fourth-order valence-electron chi connectivity index (χ4n) is 1.77. The number of H-pyrrole nitrogens is 1. The number of rotatable bonds is 2. The molecular weight excluding hydrogens is 268 g/mol. The van der Waals surface area contributed by atoms with Gasteiger partial charge in [-0.15, -0.1) is 0 Å². The van der Waals surface area contributed by atoms with Gasteiger partial charge in [0, 0.05) is 5.56 Å². The molecule has 0 aliphatic heterocycles. The Kier molecular flexibility index (Phi) is 2.72. The van der Waals surface area contributed by atoms with Gasteiger partial charge in [0.25, 0.3) is 0 Å². The summed E-state index contributed by atoms with van der Waals surface area (Å²) in [5.74, 6) is 0.991. The zero-order valence-corrected chi connectivity index (χ0v) is 10.6. The van der Waals surface area contributed by atoms with E-state index in [1.165, 1.54) is 13.4 Å². The molecule has 6 nitrogen and oxygen atoms in total. The number of nitrogens with zero attached hydrogens (tertiary/aromatic N) is 3. The second-order valence-electron chi connectivity index (χ2n) is 3.84. The lowest BCUT2D eigenvalue weighted by Crippen LogP contribution is -1.85. The maximum absolute atomic E-state index is 9.76. The summed E-state index contributed by atoms with van der Waals surface area (Å²) in [6, 6.07) is 4.99. The third-order valence-electron chi connectivity index (χ3n) is 2.69. The highest BCUT2D eigenvalue weighted by Crippen LogP contribution is 2.31. The van der Waals surface area contributed by atoms with E-state index in [-0.39, 0.29) is 5.75 Å². The number of aromatic nitrogens is 4. The Hall–Kier alpha value is -2.34. The molecule has 0 spiro atoms. The minimum absolute atomic E-state index is 0.0395. The SMILES string of the molecule is COc1ccc(-c2nc3ncnc(Cl)c3[nH]2)cc1O. The van der Waals surface area contributed by atoms with E-state index in [4.69, 9.17) is 16.3 Å². The van der Waals surface area contributed by atoms with Gasteiger partial charge < -0.3 is 14.8 Å². The number of methoxy groups -OCH3 is 1. The number of halogens is 1. The van der Waals surface area contributed by atoms with Crippen LogP contribution in [0, 0.1) is 0 Å². The number of imidazole rings is 1. The summed E-state index contributed by atoms with van der Waals surface area (Å²) in [6.45, 7) is 0. The number of hydrogen-bond acceptors (Lipinski definition) is 5. The van der Waals surface area contributed by atoms with Crippen molar-refractivity contribution in [3.05, 3.63) is 29.7 Å². The van der Waals surface area contributed by atoms with Gasteiger partial charge in [-0.25, -0.2) is 15.0 Å². The van der Waals surface area contributed by atoms with Crippen LogP contribution in [0.25, 0.3) is 22.6 Å². The second-order valence-corrected chi connectivity index (χ2v) is 4.19. The number of aromatic amines is 1. The second kappa shape index (κ2) is 4.40. The van der Waals surface area contributed by atoms with E-state index < -0.39 is 0 Å². The first-order valence-corrected chi connectivity index (χ1v) is 5.80. The first-order valence-electron chi connectivity index (χ1n) is 5.42. The predicted octanol–water partition coefficient (Wildman–Crippen LogP) is 2.39. The minimum atomic E-state index is 0.0395. The largest absolute Gasteiger partial charge is 0.504 e. The van der Waals surface area contributed by atoms with E-state index >= 15 is 0 Å². The van der Waals surface area contributed by atoms with Gasteiger partial charge in [0.1, 0.15) is 17.7 Å². The molecule has 19 heavy (non-hydrogen) atoms. The van der Waals surface area contributed by atoms with Crippen molar-refractivity contribution in [2.24, 2.45) is 0 Å². The summed E-state index contributed by atoms with van der Waals surface area (Å²) in [6.07, 6.45) is 1.35. The highest BCUT2D eigenvalue weighted by molar-refractivity contribution is 6.33. The van der Waals surface area contributed by atoms with E-state index in [0.717, 1.165) is 0 Å². The molecule has 0 aliphatic carbocycles. The Bertz CT molecular complexity index is 757.